The second kappa shape index (κ2) is 6.75. The zero-order valence-electron chi connectivity index (χ0n) is 11.5. The molecule has 0 aliphatic carbocycles. The number of hydrogen-bond acceptors (Lipinski definition) is 3. The number of hydrogen-bond donors (Lipinski definition) is 2. The summed E-state index contributed by atoms with van der Waals surface area (Å²) < 4.78 is 1.72. The molecule has 1 aromatic carbocycles. The molecule has 0 aliphatic heterocycles. The van der Waals surface area contributed by atoms with E-state index in [1.807, 2.05) is 31.3 Å². The van der Waals surface area contributed by atoms with Crippen LogP contribution in [0.4, 0.5) is 0 Å². The first-order chi connectivity index (χ1) is 9.70. The lowest BCUT2D eigenvalue weighted by molar-refractivity contribution is -0.122. The van der Waals surface area contributed by atoms with E-state index in [2.05, 4.69) is 10.4 Å². The Kier molecular flexibility index (Phi) is 4.76. The first kappa shape index (κ1) is 14.1. The van der Waals surface area contributed by atoms with Crippen LogP contribution in [-0.4, -0.2) is 20.8 Å². The van der Waals surface area contributed by atoms with Crippen LogP contribution in [-0.2, 0) is 11.3 Å². The van der Waals surface area contributed by atoms with Gasteiger partial charge in [-0.05, 0) is 18.6 Å². The Hall–Kier alpha value is -2.30. The number of aryl methyl sites for hydroxylation is 1. The third-order valence-corrected chi connectivity index (χ3v) is 3.18. The van der Waals surface area contributed by atoms with Gasteiger partial charge in [0.05, 0.1) is 6.04 Å². The summed E-state index contributed by atoms with van der Waals surface area (Å²) in [5.41, 5.74) is 0.752. The molecule has 0 saturated heterocycles. The highest BCUT2D eigenvalue weighted by atomic mass is 16.3. The Morgan fingerprint density at radius 1 is 1.40 bits per heavy atom. The predicted octanol–water partition coefficient (Wildman–Crippen LogP) is 2.25. The number of phenolic OH excluding ortho intramolecular Hbond substituents is 1. The molecule has 0 spiro atoms. The standard InChI is InChI=1S/C15H19N3O2/c1-2-13(12-6-3-4-7-14(12)19)17-15(20)8-11-18-10-5-9-16-18/h3-7,9-10,13,19H,2,8,11H2,1H3,(H,17,20)/t13-/m0/s1. The minimum atomic E-state index is -0.165. The second-order valence-corrected chi connectivity index (χ2v) is 4.61. The van der Waals surface area contributed by atoms with Crippen molar-refractivity contribution in [3.8, 4) is 5.75 Å². The van der Waals surface area contributed by atoms with E-state index in [-0.39, 0.29) is 17.7 Å². The van der Waals surface area contributed by atoms with Gasteiger partial charge in [-0.3, -0.25) is 9.48 Å². The lowest BCUT2D eigenvalue weighted by Gasteiger charge is -2.18. The van der Waals surface area contributed by atoms with E-state index in [1.165, 1.54) is 0 Å². The van der Waals surface area contributed by atoms with Crippen molar-refractivity contribution in [2.75, 3.05) is 0 Å². The Labute approximate surface area is 118 Å². The number of phenols is 1. The van der Waals surface area contributed by atoms with Crippen LogP contribution in [0.2, 0.25) is 0 Å². The van der Waals surface area contributed by atoms with Crippen LogP contribution in [0.25, 0.3) is 0 Å². The summed E-state index contributed by atoms with van der Waals surface area (Å²) in [4.78, 5) is 12.0. The predicted molar refractivity (Wildman–Crippen MR) is 76.1 cm³/mol. The summed E-state index contributed by atoms with van der Waals surface area (Å²) in [5.74, 6) is 0.169. The number of aromatic nitrogens is 2. The number of para-hydroxylation sites is 1. The smallest absolute Gasteiger partial charge is 0.222 e. The van der Waals surface area contributed by atoms with Crippen molar-refractivity contribution in [1.82, 2.24) is 15.1 Å². The molecule has 2 aromatic rings. The molecule has 20 heavy (non-hydrogen) atoms. The highest BCUT2D eigenvalue weighted by Crippen LogP contribution is 2.25. The van der Waals surface area contributed by atoms with E-state index in [9.17, 15) is 9.90 Å². The van der Waals surface area contributed by atoms with Crippen LogP contribution < -0.4 is 5.32 Å². The van der Waals surface area contributed by atoms with Gasteiger partial charge in [0.2, 0.25) is 5.91 Å². The molecule has 2 N–H and O–H groups in total. The highest BCUT2D eigenvalue weighted by Gasteiger charge is 2.15. The van der Waals surface area contributed by atoms with Crippen molar-refractivity contribution in [3.05, 3.63) is 48.3 Å². The summed E-state index contributed by atoms with van der Waals surface area (Å²) in [6.07, 6.45) is 4.61. The van der Waals surface area contributed by atoms with Gasteiger partial charge in [0.1, 0.15) is 5.75 Å². The first-order valence-corrected chi connectivity index (χ1v) is 6.75. The van der Waals surface area contributed by atoms with E-state index in [0.717, 1.165) is 12.0 Å². The van der Waals surface area contributed by atoms with Crippen molar-refractivity contribution in [3.63, 3.8) is 0 Å². The van der Waals surface area contributed by atoms with Gasteiger partial charge >= 0.3 is 0 Å². The van der Waals surface area contributed by atoms with E-state index in [4.69, 9.17) is 0 Å². The van der Waals surface area contributed by atoms with Gasteiger partial charge in [0, 0.05) is 30.9 Å². The van der Waals surface area contributed by atoms with Crippen molar-refractivity contribution in [2.45, 2.75) is 32.4 Å². The number of amides is 1. The number of benzene rings is 1. The zero-order chi connectivity index (χ0) is 14.4. The molecular formula is C15H19N3O2. The summed E-state index contributed by atoms with van der Waals surface area (Å²) >= 11 is 0. The summed E-state index contributed by atoms with van der Waals surface area (Å²) in [7, 11) is 0. The summed E-state index contributed by atoms with van der Waals surface area (Å²) in [6.45, 7) is 2.53. The average Bonchev–Trinajstić information content (AvgIpc) is 2.97. The Balaban J connectivity index is 1.93. The fourth-order valence-electron chi connectivity index (χ4n) is 2.10. The molecule has 5 heteroatoms. The molecule has 2 rings (SSSR count). The minimum absolute atomic E-state index is 0.0457. The third-order valence-electron chi connectivity index (χ3n) is 3.18. The van der Waals surface area contributed by atoms with Crippen LogP contribution in [0, 0.1) is 0 Å². The number of nitrogens with one attached hydrogen (secondary N) is 1. The second-order valence-electron chi connectivity index (χ2n) is 4.61. The van der Waals surface area contributed by atoms with E-state index in [1.54, 1.807) is 23.0 Å². The van der Waals surface area contributed by atoms with E-state index in [0.29, 0.717) is 13.0 Å². The van der Waals surface area contributed by atoms with Gasteiger partial charge in [-0.1, -0.05) is 25.1 Å². The number of rotatable bonds is 6. The summed E-state index contributed by atoms with van der Waals surface area (Å²) in [6, 6.07) is 8.75. The fourth-order valence-corrected chi connectivity index (χ4v) is 2.10. The molecule has 1 heterocycles. The minimum Gasteiger partial charge on any atom is -0.508 e. The topological polar surface area (TPSA) is 67.2 Å². The quantitative estimate of drug-likeness (QED) is 0.848. The Morgan fingerprint density at radius 2 is 2.20 bits per heavy atom. The summed E-state index contributed by atoms with van der Waals surface area (Å²) in [5, 5.41) is 16.8. The van der Waals surface area contributed by atoms with Gasteiger partial charge in [-0.15, -0.1) is 0 Å². The number of nitrogens with zero attached hydrogens (tertiary/aromatic N) is 2. The van der Waals surface area contributed by atoms with Crippen molar-refractivity contribution in [1.29, 1.82) is 0 Å². The van der Waals surface area contributed by atoms with Crippen LogP contribution >= 0.6 is 0 Å². The fraction of sp³-hybridized carbons (Fsp3) is 0.333. The molecule has 1 atom stereocenters. The van der Waals surface area contributed by atoms with Crippen molar-refractivity contribution < 1.29 is 9.90 Å². The van der Waals surface area contributed by atoms with Gasteiger partial charge < -0.3 is 10.4 Å². The van der Waals surface area contributed by atoms with E-state index >= 15 is 0 Å². The normalized spacial score (nSPS) is 12.1. The maximum atomic E-state index is 12.0. The average molecular weight is 273 g/mol. The van der Waals surface area contributed by atoms with Crippen LogP contribution in [0.5, 0.6) is 5.75 Å². The van der Waals surface area contributed by atoms with Gasteiger partial charge in [0.15, 0.2) is 0 Å². The molecule has 5 nitrogen and oxygen atoms in total. The molecule has 0 bridgehead atoms. The van der Waals surface area contributed by atoms with Crippen LogP contribution in [0.15, 0.2) is 42.7 Å². The molecule has 0 unspecified atom stereocenters. The SMILES string of the molecule is CC[C@H](NC(=O)CCn1cccn1)c1ccccc1O. The van der Waals surface area contributed by atoms with E-state index < -0.39 is 0 Å². The molecule has 106 valence electrons. The third kappa shape index (κ3) is 3.60. The number of carbonyl (C=O) groups excluding carboxylic acids is 1. The van der Waals surface area contributed by atoms with Gasteiger partial charge in [-0.25, -0.2) is 0 Å². The molecule has 1 aromatic heterocycles. The van der Waals surface area contributed by atoms with Crippen LogP contribution in [0.1, 0.15) is 31.4 Å². The highest BCUT2D eigenvalue weighted by molar-refractivity contribution is 5.76. The largest absolute Gasteiger partial charge is 0.508 e. The lowest BCUT2D eigenvalue weighted by Crippen LogP contribution is -2.29. The van der Waals surface area contributed by atoms with Crippen molar-refractivity contribution >= 4 is 5.91 Å². The maximum absolute atomic E-state index is 12.0. The monoisotopic (exact) mass is 273 g/mol. The van der Waals surface area contributed by atoms with Crippen LogP contribution in [0.3, 0.4) is 0 Å². The Bertz CT molecular complexity index is 552. The number of aromatic hydroxyl groups is 1. The molecule has 1 amide bonds. The maximum Gasteiger partial charge on any atom is 0.222 e. The van der Waals surface area contributed by atoms with Gasteiger partial charge in [0.25, 0.3) is 0 Å². The molecule has 0 aliphatic rings. The first-order valence-electron chi connectivity index (χ1n) is 6.75. The molecular weight excluding hydrogens is 254 g/mol. The molecule has 0 radical (unpaired) electrons. The molecule has 0 saturated carbocycles. The lowest BCUT2D eigenvalue weighted by atomic mass is 10.0. The zero-order valence-corrected chi connectivity index (χ0v) is 11.5. The molecule has 0 fully saturated rings. The number of carbonyl (C=O) groups is 1. The van der Waals surface area contributed by atoms with Gasteiger partial charge in [-0.2, -0.15) is 5.10 Å². The Morgan fingerprint density at radius 3 is 2.85 bits per heavy atom. The van der Waals surface area contributed by atoms with Crippen molar-refractivity contribution in [2.24, 2.45) is 0 Å².